The lowest BCUT2D eigenvalue weighted by Crippen LogP contribution is -2.50. The van der Waals surface area contributed by atoms with Crippen LogP contribution in [0.2, 0.25) is 0 Å². The molecule has 0 aliphatic heterocycles. The summed E-state index contributed by atoms with van der Waals surface area (Å²) in [6.07, 6.45) is 0.534. The number of hydrogen-bond acceptors (Lipinski definition) is 3. The van der Waals surface area contributed by atoms with Crippen LogP contribution in [-0.4, -0.2) is 35.9 Å². The van der Waals surface area contributed by atoms with Gasteiger partial charge in [-0.25, -0.2) is 0 Å². The van der Waals surface area contributed by atoms with E-state index in [1.807, 2.05) is 77.1 Å². The number of ether oxygens (including phenoxy) is 1. The second-order valence-electron chi connectivity index (χ2n) is 8.18. The minimum absolute atomic E-state index is 0.107. The molecule has 1 N–H and O–H groups in total. The van der Waals surface area contributed by atoms with Gasteiger partial charge in [0.15, 0.2) is 6.61 Å². The maximum atomic E-state index is 13.2. The number of nitrogens with zero attached hydrogens (tertiary/aromatic N) is 1. The first-order valence-corrected chi connectivity index (χ1v) is 10.6. The van der Waals surface area contributed by atoms with Gasteiger partial charge in [-0.2, -0.15) is 0 Å². The molecule has 5 heteroatoms. The van der Waals surface area contributed by atoms with Gasteiger partial charge in [-0.15, -0.1) is 0 Å². The summed E-state index contributed by atoms with van der Waals surface area (Å²) >= 11 is 0. The maximum absolute atomic E-state index is 13.2. The van der Waals surface area contributed by atoms with Crippen molar-refractivity contribution in [2.24, 2.45) is 5.92 Å². The Kier molecular flexibility index (Phi) is 8.90. The van der Waals surface area contributed by atoms with E-state index in [9.17, 15) is 9.59 Å². The maximum Gasteiger partial charge on any atom is 0.261 e. The van der Waals surface area contributed by atoms with Crippen LogP contribution in [0.3, 0.4) is 0 Å². The summed E-state index contributed by atoms with van der Waals surface area (Å²) in [5.74, 6) is 0.682. The Labute approximate surface area is 180 Å². The Morgan fingerprint density at radius 2 is 1.67 bits per heavy atom. The molecule has 0 saturated heterocycles. The molecule has 1 unspecified atom stereocenters. The third-order valence-corrected chi connectivity index (χ3v) is 4.82. The number of amides is 2. The number of rotatable bonds is 10. The van der Waals surface area contributed by atoms with Gasteiger partial charge in [0.05, 0.1) is 0 Å². The molecule has 0 aromatic heterocycles. The number of hydrogen-bond donors (Lipinski definition) is 1. The number of nitrogens with one attached hydrogen (secondary N) is 1. The average Bonchev–Trinajstić information content (AvgIpc) is 2.70. The van der Waals surface area contributed by atoms with Gasteiger partial charge < -0.3 is 15.0 Å². The van der Waals surface area contributed by atoms with E-state index in [1.165, 1.54) is 0 Å². The summed E-state index contributed by atoms with van der Waals surface area (Å²) in [6, 6.07) is 15.1. The lowest BCUT2D eigenvalue weighted by molar-refractivity contribution is -0.143. The Bertz CT molecular complexity index is 813. The molecule has 0 aliphatic carbocycles. The standard InChI is InChI=1S/C25H34N2O3/c1-6-23(25(29)26-15-18(2)3)27(16-21-10-8-7-9-11-21)24(28)17-30-22-13-19(4)12-20(5)14-22/h7-14,18,23H,6,15-17H2,1-5H3,(H,26,29). The molecular weight excluding hydrogens is 376 g/mol. The Morgan fingerprint density at radius 1 is 1.03 bits per heavy atom. The summed E-state index contributed by atoms with van der Waals surface area (Å²) < 4.78 is 5.80. The van der Waals surface area contributed by atoms with E-state index < -0.39 is 6.04 Å². The number of aryl methyl sites for hydroxylation is 2. The molecule has 2 aromatic carbocycles. The fourth-order valence-electron chi connectivity index (χ4n) is 3.37. The van der Waals surface area contributed by atoms with Crippen LogP contribution in [0.5, 0.6) is 5.75 Å². The molecule has 2 amide bonds. The molecule has 5 nitrogen and oxygen atoms in total. The van der Waals surface area contributed by atoms with Gasteiger partial charge in [-0.05, 0) is 55.0 Å². The van der Waals surface area contributed by atoms with Gasteiger partial charge in [-0.1, -0.05) is 57.2 Å². The second-order valence-corrected chi connectivity index (χ2v) is 8.18. The Balaban J connectivity index is 2.18. The van der Waals surface area contributed by atoms with Crippen LogP contribution in [0.15, 0.2) is 48.5 Å². The Hall–Kier alpha value is -2.82. The zero-order valence-electron chi connectivity index (χ0n) is 18.8. The third-order valence-electron chi connectivity index (χ3n) is 4.82. The van der Waals surface area contributed by atoms with Gasteiger partial charge in [0.25, 0.3) is 5.91 Å². The van der Waals surface area contributed by atoms with Gasteiger partial charge in [0.1, 0.15) is 11.8 Å². The summed E-state index contributed by atoms with van der Waals surface area (Å²) in [4.78, 5) is 27.6. The largest absolute Gasteiger partial charge is 0.484 e. The van der Waals surface area contributed by atoms with E-state index in [0.717, 1.165) is 16.7 Å². The topological polar surface area (TPSA) is 58.6 Å². The first-order valence-electron chi connectivity index (χ1n) is 10.6. The second kappa shape index (κ2) is 11.4. The van der Waals surface area contributed by atoms with E-state index in [-0.39, 0.29) is 18.4 Å². The zero-order chi connectivity index (χ0) is 22.1. The minimum atomic E-state index is -0.542. The highest BCUT2D eigenvalue weighted by atomic mass is 16.5. The van der Waals surface area contributed by atoms with Crippen molar-refractivity contribution in [1.29, 1.82) is 0 Å². The summed E-state index contributed by atoms with van der Waals surface area (Å²) in [6.45, 7) is 10.9. The Morgan fingerprint density at radius 3 is 2.23 bits per heavy atom. The first kappa shape index (κ1) is 23.5. The van der Waals surface area contributed by atoms with Crippen molar-refractivity contribution in [2.75, 3.05) is 13.2 Å². The molecule has 2 aromatic rings. The van der Waals surface area contributed by atoms with E-state index in [4.69, 9.17) is 4.74 Å². The number of benzene rings is 2. The van der Waals surface area contributed by atoms with Crippen molar-refractivity contribution in [2.45, 2.75) is 53.6 Å². The third kappa shape index (κ3) is 7.21. The van der Waals surface area contributed by atoms with Crippen LogP contribution < -0.4 is 10.1 Å². The van der Waals surface area contributed by atoms with Crippen molar-refractivity contribution in [1.82, 2.24) is 10.2 Å². The lowest BCUT2D eigenvalue weighted by atomic mass is 10.1. The fourth-order valence-corrected chi connectivity index (χ4v) is 3.37. The van der Waals surface area contributed by atoms with Crippen molar-refractivity contribution in [3.8, 4) is 5.75 Å². The van der Waals surface area contributed by atoms with E-state index >= 15 is 0 Å². The molecule has 0 fully saturated rings. The van der Waals surface area contributed by atoms with Gasteiger partial charge in [0, 0.05) is 13.1 Å². The molecule has 1 atom stereocenters. The van der Waals surface area contributed by atoms with Crippen LogP contribution in [0.4, 0.5) is 0 Å². The monoisotopic (exact) mass is 410 g/mol. The van der Waals surface area contributed by atoms with E-state index in [0.29, 0.717) is 31.2 Å². The first-order chi connectivity index (χ1) is 14.3. The summed E-state index contributed by atoms with van der Waals surface area (Å²) in [5, 5.41) is 2.97. The SMILES string of the molecule is CCC(C(=O)NCC(C)C)N(Cc1ccccc1)C(=O)COc1cc(C)cc(C)c1. The summed E-state index contributed by atoms with van der Waals surface area (Å²) in [7, 11) is 0. The summed E-state index contributed by atoms with van der Waals surface area (Å²) in [5.41, 5.74) is 3.14. The molecule has 0 heterocycles. The number of carbonyl (C=O) groups is 2. The molecule has 0 saturated carbocycles. The van der Waals surface area contributed by atoms with Crippen molar-refractivity contribution < 1.29 is 14.3 Å². The smallest absolute Gasteiger partial charge is 0.261 e. The molecular formula is C25H34N2O3. The molecule has 0 spiro atoms. The normalized spacial score (nSPS) is 11.8. The average molecular weight is 411 g/mol. The quantitative estimate of drug-likeness (QED) is 0.637. The van der Waals surface area contributed by atoms with Crippen molar-refractivity contribution in [3.05, 3.63) is 65.2 Å². The highest BCUT2D eigenvalue weighted by molar-refractivity contribution is 5.88. The highest BCUT2D eigenvalue weighted by Gasteiger charge is 2.29. The molecule has 2 rings (SSSR count). The predicted octanol–water partition coefficient (Wildman–Crippen LogP) is 4.26. The molecule has 0 bridgehead atoms. The van der Waals surface area contributed by atoms with E-state index in [1.54, 1.807) is 4.90 Å². The lowest BCUT2D eigenvalue weighted by Gasteiger charge is -2.30. The van der Waals surface area contributed by atoms with E-state index in [2.05, 4.69) is 11.4 Å². The number of carbonyl (C=O) groups excluding carboxylic acids is 2. The molecule has 162 valence electrons. The van der Waals surface area contributed by atoms with Gasteiger partial charge >= 0.3 is 0 Å². The van der Waals surface area contributed by atoms with Crippen LogP contribution in [0.1, 0.15) is 43.9 Å². The van der Waals surface area contributed by atoms with Gasteiger partial charge in [-0.3, -0.25) is 9.59 Å². The van der Waals surface area contributed by atoms with Crippen LogP contribution in [0.25, 0.3) is 0 Å². The van der Waals surface area contributed by atoms with Crippen molar-refractivity contribution >= 4 is 11.8 Å². The predicted molar refractivity (Wildman–Crippen MR) is 120 cm³/mol. The molecule has 0 aliphatic rings. The van der Waals surface area contributed by atoms with Crippen molar-refractivity contribution in [3.63, 3.8) is 0 Å². The van der Waals surface area contributed by atoms with Crippen LogP contribution >= 0.6 is 0 Å². The van der Waals surface area contributed by atoms with Crippen LogP contribution in [-0.2, 0) is 16.1 Å². The molecule has 0 radical (unpaired) electrons. The highest BCUT2D eigenvalue weighted by Crippen LogP contribution is 2.17. The van der Waals surface area contributed by atoms with Crippen LogP contribution in [0, 0.1) is 19.8 Å². The zero-order valence-corrected chi connectivity index (χ0v) is 18.8. The molecule has 30 heavy (non-hydrogen) atoms. The van der Waals surface area contributed by atoms with Gasteiger partial charge in [0.2, 0.25) is 5.91 Å². The fraction of sp³-hybridized carbons (Fsp3) is 0.440. The minimum Gasteiger partial charge on any atom is -0.484 e.